The summed E-state index contributed by atoms with van der Waals surface area (Å²) >= 11 is 0. The molecule has 0 bridgehead atoms. The van der Waals surface area contributed by atoms with Crippen LogP contribution in [-0.4, -0.2) is 18.8 Å². The van der Waals surface area contributed by atoms with Crippen molar-refractivity contribution in [3.8, 4) is 5.75 Å². The lowest BCUT2D eigenvalue weighted by Gasteiger charge is -2.22. The molecule has 0 unspecified atom stereocenters. The molecular weight excluding hydrogens is 383 g/mol. The van der Waals surface area contributed by atoms with E-state index in [1.807, 2.05) is 12.1 Å². The summed E-state index contributed by atoms with van der Waals surface area (Å²) in [6.07, 6.45) is -0.295. The molecule has 7 heteroatoms. The summed E-state index contributed by atoms with van der Waals surface area (Å²) in [5.74, 6) is 0.458. The summed E-state index contributed by atoms with van der Waals surface area (Å²) in [5, 5.41) is 3.88. The molecule has 0 aliphatic heterocycles. The first-order valence-corrected chi connectivity index (χ1v) is 9.42. The standard InChI is InChI=1S/C22H22F3NO3/c1-28-20-11-7-16(8-12-20)13-15-5-9-19(10-6-15)26-29-21(27)17-3-2-4-18(14-17)22(23,24)25/h2-4,7-8,11-12,14-15H,5-6,9-10,13H2,1H3. The fraction of sp³-hybridized carbons (Fsp3) is 0.364. The number of alkyl halides is 3. The van der Waals surface area contributed by atoms with E-state index in [0.29, 0.717) is 18.8 Å². The van der Waals surface area contributed by atoms with Crippen molar-refractivity contribution in [2.45, 2.75) is 38.3 Å². The van der Waals surface area contributed by atoms with Crippen LogP contribution in [-0.2, 0) is 17.4 Å². The Morgan fingerprint density at radius 1 is 1.10 bits per heavy atom. The topological polar surface area (TPSA) is 47.9 Å². The van der Waals surface area contributed by atoms with E-state index in [0.717, 1.165) is 42.9 Å². The Morgan fingerprint density at radius 2 is 1.79 bits per heavy atom. The van der Waals surface area contributed by atoms with Crippen molar-refractivity contribution < 1.29 is 27.5 Å². The molecule has 0 atom stereocenters. The lowest BCUT2D eigenvalue weighted by atomic mass is 9.84. The molecule has 0 N–H and O–H groups in total. The molecular formula is C22H22F3NO3. The average molecular weight is 405 g/mol. The maximum Gasteiger partial charge on any atom is 0.416 e. The van der Waals surface area contributed by atoms with Crippen LogP contribution in [0.25, 0.3) is 0 Å². The molecule has 0 radical (unpaired) electrons. The number of carbonyl (C=O) groups excluding carboxylic acids is 1. The summed E-state index contributed by atoms with van der Waals surface area (Å²) in [5.41, 5.74) is 0.944. The van der Waals surface area contributed by atoms with Crippen LogP contribution < -0.4 is 4.74 Å². The fourth-order valence-electron chi connectivity index (χ4n) is 3.38. The molecule has 3 rings (SSSR count). The molecule has 154 valence electrons. The summed E-state index contributed by atoms with van der Waals surface area (Å²) in [4.78, 5) is 16.9. The smallest absolute Gasteiger partial charge is 0.416 e. The van der Waals surface area contributed by atoms with Gasteiger partial charge in [0.1, 0.15) is 5.75 Å². The number of oxime groups is 1. The Bertz CT molecular complexity index is 866. The van der Waals surface area contributed by atoms with Crippen LogP contribution in [0.5, 0.6) is 5.75 Å². The number of ether oxygens (including phenoxy) is 1. The highest BCUT2D eigenvalue weighted by Gasteiger charge is 2.31. The Hall–Kier alpha value is -2.83. The Labute approximate surface area is 167 Å². The van der Waals surface area contributed by atoms with Gasteiger partial charge in [-0.3, -0.25) is 0 Å². The van der Waals surface area contributed by atoms with Gasteiger partial charge in [-0.1, -0.05) is 23.4 Å². The van der Waals surface area contributed by atoms with Gasteiger partial charge in [0.25, 0.3) is 0 Å². The average Bonchev–Trinajstić information content (AvgIpc) is 2.73. The van der Waals surface area contributed by atoms with E-state index >= 15 is 0 Å². The highest BCUT2D eigenvalue weighted by Crippen LogP contribution is 2.30. The molecule has 4 nitrogen and oxygen atoms in total. The molecule has 0 heterocycles. The van der Waals surface area contributed by atoms with E-state index in [4.69, 9.17) is 9.57 Å². The minimum absolute atomic E-state index is 0.169. The predicted molar refractivity (Wildman–Crippen MR) is 103 cm³/mol. The zero-order chi connectivity index (χ0) is 20.9. The van der Waals surface area contributed by atoms with E-state index in [1.54, 1.807) is 7.11 Å². The zero-order valence-electron chi connectivity index (χ0n) is 16.0. The summed E-state index contributed by atoms with van der Waals surface area (Å²) in [6.45, 7) is 0. The molecule has 2 aromatic rings. The first-order valence-electron chi connectivity index (χ1n) is 9.42. The normalized spacial score (nSPS) is 17.0. The predicted octanol–water partition coefficient (Wildman–Crippen LogP) is 5.66. The quantitative estimate of drug-likeness (QED) is 0.476. The second-order valence-corrected chi connectivity index (χ2v) is 7.11. The minimum Gasteiger partial charge on any atom is -0.497 e. The maximum absolute atomic E-state index is 12.8. The van der Waals surface area contributed by atoms with Crippen LogP contribution in [0.4, 0.5) is 13.2 Å². The first kappa shape index (κ1) is 20.9. The van der Waals surface area contributed by atoms with Crippen molar-refractivity contribution in [1.29, 1.82) is 0 Å². The molecule has 0 aromatic heterocycles. The van der Waals surface area contributed by atoms with Gasteiger partial charge in [-0.05, 0) is 73.9 Å². The molecule has 0 amide bonds. The number of halogens is 3. The van der Waals surface area contributed by atoms with Crippen molar-refractivity contribution in [3.63, 3.8) is 0 Å². The summed E-state index contributed by atoms with van der Waals surface area (Å²) < 4.78 is 43.4. The number of nitrogens with zero attached hydrogens (tertiary/aromatic N) is 1. The lowest BCUT2D eigenvalue weighted by Crippen LogP contribution is -2.17. The van der Waals surface area contributed by atoms with Gasteiger partial charge >= 0.3 is 12.1 Å². The Kier molecular flexibility index (Phi) is 6.56. The molecule has 29 heavy (non-hydrogen) atoms. The number of hydrogen-bond acceptors (Lipinski definition) is 4. The van der Waals surface area contributed by atoms with Gasteiger partial charge in [0.15, 0.2) is 0 Å². The van der Waals surface area contributed by atoms with E-state index in [9.17, 15) is 18.0 Å². The van der Waals surface area contributed by atoms with Gasteiger partial charge in [0.05, 0.1) is 23.9 Å². The van der Waals surface area contributed by atoms with Gasteiger partial charge in [0, 0.05) is 0 Å². The van der Waals surface area contributed by atoms with E-state index < -0.39 is 17.7 Å². The van der Waals surface area contributed by atoms with E-state index in [1.165, 1.54) is 17.7 Å². The van der Waals surface area contributed by atoms with Gasteiger partial charge in [-0.15, -0.1) is 0 Å². The highest BCUT2D eigenvalue weighted by molar-refractivity contribution is 5.91. The fourth-order valence-corrected chi connectivity index (χ4v) is 3.38. The second-order valence-electron chi connectivity index (χ2n) is 7.11. The number of benzene rings is 2. The third-order valence-electron chi connectivity index (χ3n) is 5.05. The number of rotatable bonds is 5. The van der Waals surface area contributed by atoms with Crippen molar-refractivity contribution >= 4 is 11.7 Å². The molecule has 1 aliphatic carbocycles. The first-order chi connectivity index (χ1) is 13.8. The molecule has 2 aromatic carbocycles. The van der Waals surface area contributed by atoms with Gasteiger partial charge in [-0.25, -0.2) is 4.79 Å². The largest absolute Gasteiger partial charge is 0.497 e. The van der Waals surface area contributed by atoms with Crippen molar-refractivity contribution in [3.05, 3.63) is 65.2 Å². The maximum atomic E-state index is 12.8. The summed E-state index contributed by atoms with van der Waals surface area (Å²) in [6, 6.07) is 12.1. The molecule has 1 aliphatic rings. The van der Waals surface area contributed by atoms with Crippen molar-refractivity contribution in [1.82, 2.24) is 0 Å². The van der Waals surface area contributed by atoms with Crippen LogP contribution >= 0.6 is 0 Å². The van der Waals surface area contributed by atoms with Crippen LogP contribution in [0.1, 0.15) is 47.2 Å². The lowest BCUT2D eigenvalue weighted by molar-refractivity contribution is -0.137. The van der Waals surface area contributed by atoms with E-state index in [2.05, 4.69) is 17.3 Å². The Morgan fingerprint density at radius 3 is 2.41 bits per heavy atom. The van der Waals surface area contributed by atoms with Crippen molar-refractivity contribution in [2.24, 2.45) is 11.1 Å². The second kappa shape index (κ2) is 9.11. The minimum atomic E-state index is -4.51. The molecule has 1 saturated carbocycles. The van der Waals surface area contributed by atoms with Crippen LogP contribution in [0.3, 0.4) is 0 Å². The Balaban J connectivity index is 1.51. The number of hydrogen-bond donors (Lipinski definition) is 0. The SMILES string of the molecule is COc1ccc(CC2CCC(=NOC(=O)c3cccc(C(F)(F)F)c3)CC2)cc1. The number of carbonyl (C=O) groups is 1. The summed E-state index contributed by atoms with van der Waals surface area (Å²) in [7, 11) is 1.64. The third-order valence-corrected chi connectivity index (χ3v) is 5.05. The van der Waals surface area contributed by atoms with E-state index in [-0.39, 0.29) is 5.56 Å². The monoisotopic (exact) mass is 405 g/mol. The van der Waals surface area contributed by atoms with Gasteiger partial charge < -0.3 is 9.57 Å². The molecule has 0 spiro atoms. The molecule has 1 fully saturated rings. The molecule has 0 saturated heterocycles. The zero-order valence-corrected chi connectivity index (χ0v) is 16.0. The number of methoxy groups -OCH3 is 1. The van der Waals surface area contributed by atoms with Gasteiger partial charge in [0.2, 0.25) is 0 Å². The highest BCUT2D eigenvalue weighted by atomic mass is 19.4. The van der Waals surface area contributed by atoms with Crippen LogP contribution in [0.15, 0.2) is 53.7 Å². The van der Waals surface area contributed by atoms with Crippen LogP contribution in [0.2, 0.25) is 0 Å². The third kappa shape index (κ3) is 5.82. The van der Waals surface area contributed by atoms with Gasteiger partial charge in [-0.2, -0.15) is 13.2 Å². The van der Waals surface area contributed by atoms with Crippen molar-refractivity contribution in [2.75, 3.05) is 7.11 Å². The van der Waals surface area contributed by atoms with Crippen LogP contribution in [0, 0.1) is 5.92 Å².